The molecule has 22 heavy (non-hydrogen) atoms. The Morgan fingerprint density at radius 3 is 2.64 bits per heavy atom. The molecule has 0 aliphatic rings. The summed E-state index contributed by atoms with van der Waals surface area (Å²) in [6.45, 7) is 0. The van der Waals surface area contributed by atoms with Crippen molar-refractivity contribution < 1.29 is 23.1 Å². The molecule has 0 aliphatic carbocycles. The van der Waals surface area contributed by atoms with Gasteiger partial charge in [0, 0.05) is 12.3 Å². The molecule has 3 aromatic rings. The first-order valence-electron chi connectivity index (χ1n) is 5.90. The minimum atomic E-state index is -4.88. The number of hydrogen-bond acceptors (Lipinski definition) is 6. The van der Waals surface area contributed by atoms with Gasteiger partial charge in [0.25, 0.3) is 0 Å². The molecule has 0 spiro atoms. The molecule has 0 bridgehead atoms. The number of fused-ring (bicyclic) bond motifs is 1. The van der Waals surface area contributed by atoms with Crippen LogP contribution in [0.2, 0.25) is 0 Å². The van der Waals surface area contributed by atoms with Crippen LogP contribution in [0.25, 0.3) is 22.6 Å². The van der Waals surface area contributed by atoms with Crippen molar-refractivity contribution >= 4 is 17.0 Å². The Balaban J connectivity index is 2.12. The third-order valence-electron chi connectivity index (χ3n) is 2.76. The molecule has 0 saturated carbocycles. The summed E-state index contributed by atoms with van der Waals surface area (Å²) in [5.74, 6) is -0.585. The topological polar surface area (TPSA) is 99.1 Å². The molecule has 0 aliphatic heterocycles. The normalized spacial score (nSPS) is 11.8. The molecule has 0 saturated heterocycles. The molecular weight excluding hydrogens is 303 g/mol. The van der Waals surface area contributed by atoms with E-state index in [9.17, 15) is 18.4 Å². The van der Waals surface area contributed by atoms with Gasteiger partial charge >= 0.3 is 6.36 Å². The SMILES string of the molecule is Nc1ncccc1-c1nc2ccc(OC(F)(F)F)nc2n1O. The zero-order valence-corrected chi connectivity index (χ0v) is 10.7. The number of anilines is 1. The van der Waals surface area contributed by atoms with Crippen LogP contribution in [-0.4, -0.2) is 31.3 Å². The summed E-state index contributed by atoms with van der Waals surface area (Å²) in [4.78, 5) is 11.5. The molecule has 0 atom stereocenters. The number of nitrogens with zero attached hydrogens (tertiary/aromatic N) is 4. The summed E-state index contributed by atoms with van der Waals surface area (Å²) in [5.41, 5.74) is 5.99. The van der Waals surface area contributed by atoms with E-state index in [-0.39, 0.29) is 22.8 Å². The Bertz CT molecular complexity index is 846. The van der Waals surface area contributed by atoms with Gasteiger partial charge in [-0.1, -0.05) is 0 Å². The number of rotatable bonds is 2. The smallest absolute Gasteiger partial charge is 0.425 e. The molecule has 0 amide bonds. The first-order valence-corrected chi connectivity index (χ1v) is 5.90. The van der Waals surface area contributed by atoms with Crippen molar-refractivity contribution in [1.29, 1.82) is 0 Å². The van der Waals surface area contributed by atoms with Crippen LogP contribution in [0.3, 0.4) is 0 Å². The molecular formula is C12H8F3N5O2. The average Bonchev–Trinajstić information content (AvgIpc) is 2.75. The highest BCUT2D eigenvalue weighted by Gasteiger charge is 2.32. The summed E-state index contributed by atoms with van der Waals surface area (Å²) >= 11 is 0. The van der Waals surface area contributed by atoms with Crippen molar-refractivity contribution in [2.24, 2.45) is 0 Å². The first kappa shape index (κ1) is 13.9. The Hall–Kier alpha value is -3.04. The van der Waals surface area contributed by atoms with Gasteiger partial charge in [-0.25, -0.2) is 9.97 Å². The van der Waals surface area contributed by atoms with E-state index in [1.807, 2.05) is 0 Å². The summed E-state index contributed by atoms with van der Waals surface area (Å²) in [6.07, 6.45) is -3.42. The number of halogens is 3. The largest absolute Gasteiger partial charge is 0.574 e. The van der Waals surface area contributed by atoms with E-state index in [0.717, 1.165) is 6.07 Å². The number of aromatic nitrogens is 4. The third-order valence-corrected chi connectivity index (χ3v) is 2.76. The Labute approximate surface area is 120 Å². The van der Waals surface area contributed by atoms with Gasteiger partial charge in [-0.2, -0.15) is 4.98 Å². The standard InChI is InChI=1S/C12H8F3N5O2/c13-12(14,15)22-8-4-3-7-11(19-8)20(21)10(18-7)6-2-1-5-17-9(6)16/h1-5,21H,(H2,16,17). The van der Waals surface area contributed by atoms with E-state index in [1.54, 1.807) is 12.1 Å². The summed E-state index contributed by atoms with van der Waals surface area (Å²) < 4.78 is 40.8. The Morgan fingerprint density at radius 1 is 1.18 bits per heavy atom. The Morgan fingerprint density at radius 2 is 1.95 bits per heavy atom. The van der Waals surface area contributed by atoms with Crippen LogP contribution in [0.15, 0.2) is 30.5 Å². The van der Waals surface area contributed by atoms with Gasteiger partial charge in [-0.05, 0) is 18.2 Å². The highest BCUT2D eigenvalue weighted by molar-refractivity contribution is 5.80. The van der Waals surface area contributed by atoms with Crippen LogP contribution < -0.4 is 10.5 Å². The van der Waals surface area contributed by atoms with Gasteiger partial charge in [-0.15, -0.1) is 17.9 Å². The molecule has 114 valence electrons. The van der Waals surface area contributed by atoms with Crippen molar-refractivity contribution in [3.63, 3.8) is 0 Å². The minimum absolute atomic E-state index is 0.0114. The molecule has 3 aromatic heterocycles. The minimum Gasteiger partial charge on any atom is -0.425 e. The van der Waals surface area contributed by atoms with E-state index in [4.69, 9.17) is 5.73 Å². The second kappa shape index (κ2) is 4.76. The van der Waals surface area contributed by atoms with Gasteiger partial charge in [0.1, 0.15) is 11.3 Å². The van der Waals surface area contributed by atoms with Crippen LogP contribution in [0, 0.1) is 0 Å². The van der Waals surface area contributed by atoms with Gasteiger partial charge < -0.3 is 15.7 Å². The number of pyridine rings is 2. The lowest BCUT2D eigenvalue weighted by Crippen LogP contribution is -2.18. The highest BCUT2D eigenvalue weighted by Crippen LogP contribution is 2.28. The van der Waals surface area contributed by atoms with Gasteiger partial charge in [-0.3, -0.25) is 0 Å². The van der Waals surface area contributed by atoms with Crippen molar-refractivity contribution in [1.82, 2.24) is 19.7 Å². The molecule has 0 unspecified atom stereocenters. The number of imidazole rings is 1. The summed E-state index contributed by atoms with van der Waals surface area (Å²) in [5, 5.41) is 10.1. The Kier molecular flexibility index (Phi) is 3.01. The van der Waals surface area contributed by atoms with Crippen molar-refractivity contribution in [3.05, 3.63) is 30.5 Å². The fourth-order valence-electron chi connectivity index (χ4n) is 1.88. The van der Waals surface area contributed by atoms with Crippen LogP contribution in [0.1, 0.15) is 0 Å². The summed E-state index contributed by atoms with van der Waals surface area (Å²) in [6, 6.07) is 5.38. The maximum absolute atomic E-state index is 12.2. The number of ether oxygens (including phenoxy) is 1. The van der Waals surface area contributed by atoms with E-state index in [2.05, 4.69) is 19.7 Å². The number of hydrogen-bond donors (Lipinski definition) is 2. The molecule has 0 aromatic carbocycles. The number of alkyl halides is 3. The second-order valence-electron chi connectivity index (χ2n) is 4.22. The van der Waals surface area contributed by atoms with Crippen molar-refractivity contribution in [2.75, 3.05) is 5.73 Å². The van der Waals surface area contributed by atoms with E-state index in [0.29, 0.717) is 10.3 Å². The molecule has 0 fully saturated rings. The fourth-order valence-corrected chi connectivity index (χ4v) is 1.88. The summed E-state index contributed by atoms with van der Waals surface area (Å²) in [7, 11) is 0. The monoisotopic (exact) mass is 311 g/mol. The molecule has 7 nitrogen and oxygen atoms in total. The van der Waals surface area contributed by atoms with Crippen molar-refractivity contribution in [2.45, 2.75) is 6.36 Å². The van der Waals surface area contributed by atoms with Gasteiger partial charge in [0.2, 0.25) is 5.88 Å². The quantitative estimate of drug-likeness (QED) is 0.704. The van der Waals surface area contributed by atoms with Crippen LogP contribution >= 0.6 is 0 Å². The predicted molar refractivity (Wildman–Crippen MR) is 69.0 cm³/mol. The fraction of sp³-hybridized carbons (Fsp3) is 0.0833. The second-order valence-corrected chi connectivity index (χ2v) is 4.22. The van der Waals surface area contributed by atoms with Crippen LogP contribution in [0.4, 0.5) is 19.0 Å². The molecule has 10 heteroatoms. The van der Waals surface area contributed by atoms with E-state index < -0.39 is 12.2 Å². The van der Waals surface area contributed by atoms with Crippen molar-refractivity contribution in [3.8, 4) is 17.3 Å². The number of nitrogens with two attached hydrogens (primary N) is 1. The van der Waals surface area contributed by atoms with Gasteiger partial charge in [0.15, 0.2) is 11.5 Å². The first-order chi connectivity index (χ1) is 10.3. The maximum atomic E-state index is 12.2. The zero-order valence-electron chi connectivity index (χ0n) is 10.7. The van der Waals surface area contributed by atoms with Crippen LogP contribution in [-0.2, 0) is 0 Å². The molecule has 3 N–H and O–H groups in total. The maximum Gasteiger partial charge on any atom is 0.574 e. The average molecular weight is 311 g/mol. The predicted octanol–water partition coefficient (Wildman–Crippen LogP) is 2.21. The lowest BCUT2D eigenvalue weighted by Gasteiger charge is -2.07. The number of nitrogen functional groups attached to an aromatic ring is 1. The van der Waals surface area contributed by atoms with E-state index in [1.165, 1.54) is 12.3 Å². The lowest BCUT2D eigenvalue weighted by atomic mass is 10.2. The van der Waals surface area contributed by atoms with E-state index >= 15 is 0 Å². The molecule has 0 radical (unpaired) electrons. The highest BCUT2D eigenvalue weighted by atomic mass is 19.4. The van der Waals surface area contributed by atoms with Gasteiger partial charge in [0.05, 0.1) is 5.56 Å². The molecule has 3 heterocycles. The van der Waals surface area contributed by atoms with Crippen LogP contribution in [0.5, 0.6) is 5.88 Å². The lowest BCUT2D eigenvalue weighted by molar-refractivity contribution is -0.276. The molecule has 3 rings (SSSR count). The zero-order chi connectivity index (χ0) is 15.9. The third kappa shape index (κ3) is 2.45.